The van der Waals surface area contributed by atoms with Crippen molar-refractivity contribution in [2.24, 2.45) is 22.7 Å². The molecular weight excluding hydrogens is 335 g/mol. The molecule has 0 amide bonds. The fraction of sp³-hybridized carbons (Fsp3) is 0.762. The second-order valence-electron chi connectivity index (χ2n) is 9.15. The van der Waals surface area contributed by atoms with Crippen LogP contribution in [0.1, 0.15) is 58.8 Å². The Bertz CT molecular complexity index is 683. The number of ether oxygens (including phenoxy) is 1. The summed E-state index contributed by atoms with van der Waals surface area (Å²) >= 11 is 0. The third kappa shape index (κ3) is 2.50. The Labute approximate surface area is 154 Å². The van der Waals surface area contributed by atoms with Crippen molar-refractivity contribution in [3.8, 4) is 0 Å². The van der Waals surface area contributed by atoms with Gasteiger partial charge in [0.25, 0.3) is 0 Å². The minimum Gasteiger partial charge on any atom is -0.425 e. The quantitative estimate of drug-likeness (QED) is 0.737. The van der Waals surface area contributed by atoms with Crippen molar-refractivity contribution >= 4 is 5.97 Å². The number of hydrogen-bond donors (Lipinski definition) is 2. The van der Waals surface area contributed by atoms with Gasteiger partial charge in [-0.25, -0.2) is 9.18 Å². The molecule has 0 radical (unpaired) electrons. The van der Waals surface area contributed by atoms with Gasteiger partial charge in [0.05, 0.1) is 12.2 Å². The Kier molecular flexibility index (Phi) is 4.31. The first kappa shape index (κ1) is 18.2. The Balaban J connectivity index is 1.83. The monoisotopic (exact) mass is 364 g/mol. The lowest BCUT2D eigenvalue weighted by atomic mass is 9.51. The minimum absolute atomic E-state index is 0.0466. The maximum Gasteiger partial charge on any atom is 0.342 e. The van der Waals surface area contributed by atoms with E-state index < -0.39 is 12.6 Å². The summed E-state index contributed by atoms with van der Waals surface area (Å²) in [6.45, 7) is 3.26. The molecule has 0 unspecified atom stereocenters. The van der Waals surface area contributed by atoms with Crippen LogP contribution >= 0.6 is 0 Å². The molecule has 5 heteroatoms. The summed E-state index contributed by atoms with van der Waals surface area (Å²) in [4.78, 5) is 11.7. The van der Waals surface area contributed by atoms with Crippen LogP contribution in [0.3, 0.4) is 0 Å². The Morgan fingerprint density at radius 2 is 1.96 bits per heavy atom. The lowest BCUT2D eigenvalue weighted by Crippen LogP contribution is -2.47. The molecule has 144 valence electrons. The van der Waals surface area contributed by atoms with Gasteiger partial charge in [0.15, 0.2) is 6.67 Å². The summed E-state index contributed by atoms with van der Waals surface area (Å²) in [5.74, 6) is 0.0269. The zero-order valence-corrected chi connectivity index (χ0v) is 15.6. The van der Waals surface area contributed by atoms with Gasteiger partial charge in [0.1, 0.15) is 5.76 Å². The second kappa shape index (κ2) is 6.16. The zero-order chi connectivity index (χ0) is 18.7. The van der Waals surface area contributed by atoms with Crippen molar-refractivity contribution in [3.05, 3.63) is 23.0 Å². The molecule has 2 N–H and O–H groups in total. The molecule has 4 rings (SSSR count). The normalized spacial score (nSPS) is 44.7. The number of aliphatic hydroxyl groups excluding tert-OH is 2. The topological polar surface area (TPSA) is 66.8 Å². The maximum absolute atomic E-state index is 12.8. The van der Waals surface area contributed by atoms with Crippen LogP contribution < -0.4 is 0 Å². The summed E-state index contributed by atoms with van der Waals surface area (Å²) in [6.07, 6.45) is 6.98. The average molecular weight is 364 g/mol. The van der Waals surface area contributed by atoms with Crippen molar-refractivity contribution in [2.45, 2.75) is 71.0 Å². The lowest BCUT2D eigenvalue weighted by Gasteiger charge is -2.54. The van der Waals surface area contributed by atoms with Gasteiger partial charge in [-0.15, -0.1) is 0 Å². The van der Waals surface area contributed by atoms with Crippen LogP contribution in [0.5, 0.6) is 0 Å². The second-order valence-corrected chi connectivity index (χ2v) is 9.15. The van der Waals surface area contributed by atoms with Crippen LogP contribution in [0.2, 0.25) is 0 Å². The van der Waals surface area contributed by atoms with Gasteiger partial charge in [-0.3, -0.25) is 0 Å². The van der Waals surface area contributed by atoms with Gasteiger partial charge >= 0.3 is 5.97 Å². The van der Waals surface area contributed by atoms with E-state index in [1.165, 1.54) is 0 Å². The summed E-state index contributed by atoms with van der Waals surface area (Å²) in [5, 5.41) is 20.7. The highest BCUT2D eigenvalue weighted by atomic mass is 19.1. The molecule has 0 spiro atoms. The molecule has 3 saturated carbocycles. The number of fused-ring (bicyclic) bond motifs is 5. The number of allylic oxidation sites excluding steroid dienone is 2. The summed E-state index contributed by atoms with van der Waals surface area (Å²) in [6, 6.07) is 0. The molecule has 0 aromatic carbocycles. The summed E-state index contributed by atoms with van der Waals surface area (Å²) < 4.78 is 18.3. The van der Waals surface area contributed by atoms with E-state index in [-0.39, 0.29) is 34.9 Å². The van der Waals surface area contributed by atoms with Crippen LogP contribution in [-0.2, 0) is 9.53 Å². The first-order chi connectivity index (χ1) is 12.3. The molecule has 0 heterocycles. The molecule has 0 aliphatic heterocycles. The van der Waals surface area contributed by atoms with Crippen LogP contribution in [-0.4, -0.2) is 35.1 Å². The molecule has 3 fully saturated rings. The van der Waals surface area contributed by atoms with E-state index in [4.69, 9.17) is 4.74 Å². The highest BCUT2D eigenvalue weighted by Gasteiger charge is 2.57. The molecule has 0 aromatic rings. The zero-order valence-electron chi connectivity index (χ0n) is 15.6. The largest absolute Gasteiger partial charge is 0.425 e. The van der Waals surface area contributed by atoms with Gasteiger partial charge in [-0.1, -0.05) is 19.4 Å². The lowest BCUT2D eigenvalue weighted by molar-refractivity contribution is -0.140. The van der Waals surface area contributed by atoms with Gasteiger partial charge in [0.2, 0.25) is 0 Å². The Morgan fingerprint density at radius 1 is 1.19 bits per heavy atom. The molecule has 6 atom stereocenters. The van der Waals surface area contributed by atoms with Crippen LogP contribution in [0.15, 0.2) is 23.0 Å². The van der Waals surface area contributed by atoms with Crippen LogP contribution in [0, 0.1) is 22.7 Å². The highest BCUT2D eigenvalue weighted by Crippen LogP contribution is 2.64. The highest BCUT2D eigenvalue weighted by molar-refractivity contribution is 5.72. The number of carbonyl (C=O) groups is 1. The van der Waals surface area contributed by atoms with E-state index in [0.29, 0.717) is 12.2 Å². The van der Waals surface area contributed by atoms with Crippen molar-refractivity contribution in [3.63, 3.8) is 0 Å². The van der Waals surface area contributed by atoms with Crippen molar-refractivity contribution in [2.75, 3.05) is 6.67 Å². The number of aliphatic hydroxyl groups is 2. The molecule has 0 saturated heterocycles. The van der Waals surface area contributed by atoms with Crippen molar-refractivity contribution in [1.82, 2.24) is 0 Å². The van der Waals surface area contributed by atoms with E-state index in [1.54, 1.807) is 0 Å². The minimum atomic E-state index is -1.14. The van der Waals surface area contributed by atoms with E-state index >= 15 is 0 Å². The number of rotatable bonds is 2. The van der Waals surface area contributed by atoms with E-state index in [0.717, 1.165) is 49.7 Å². The molecule has 4 nitrogen and oxygen atoms in total. The predicted molar refractivity (Wildman–Crippen MR) is 94.7 cm³/mol. The first-order valence-electron chi connectivity index (χ1n) is 9.87. The van der Waals surface area contributed by atoms with Crippen LogP contribution in [0.25, 0.3) is 0 Å². The molecule has 0 aromatic heterocycles. The van der Waals surface area contributed by atoms with Crippen molar-refractivity contribution < 1.29 is 24.1 Å². The maximum atomic E-state index is 12.8. The predicted octanol–water partition coefficient (Wildman–Crippen LogP) is 3.43. The SMILES string of the molecule is C[C@]12CC[C@H]3C(=C(OC(=O)CF)C=C4C[C@@H](O)CC[C@@]43C)[C@@H]1CC[C@@H]2O. The number of halogens is 1. The van der Waals surface area contributed by atoms with E-state index in [2.05, 4.69) is 13.8 Å². The van der Waals surface area contributed by atoms with Crippen molar-refractivity contribution in [1.29, 1.82) is 0 Å². The third-order valence-electron chi connectivity index (χ3n) is 7.89. The standard InChI is InChI=1S/C21H29FO4/c1-20-7-5-13(23)9-12(20)10-16(26-18(25)11-22)19-14-3-4-17(24)21(14,2)8-6-15(19)20/h10,13-15,17,23-24H,3-9,11H2,1-2H3/t13-,14-,15-,17-,20-,21-/m0/s1. The van der Waals surface area contributed by atoms with Gasteiger partial charge in [0, 0.05) is 5.41 Å². The first-order valence-corrected chi connectivity index (χ1v) is 9.87. The molecule has 4 aliphatic rings. The number of hydrogen-bond acceptors (Lipinski definition) is 4. The molecule has 26 heavy (non-hydrogen) atoms. The number of alkyl halides is 1. The summed E-state index contributed by atoms with van der Waals surface area (Å²) in [5.41, 5.74) is 1.98. The fourth-order valence-electron chi connectivity index (χ4n) is 6.24. The smallest absolute Gasteiger partial charge is 0.342 e. The Hall–Kier alpha value is -1.20. The Morgan fingerprint density at radius 3 is 2.69 bits per heavy atom. The van der Waals surface area contributed by atoms with Crippen LogP contribution in [0.4, 0.5) is 4.39 Å². The third-order valence-corrected chi connectivity index (χ3v) is 7.89. The van der Waals surface area contributed by atoms with Gasteiger partial charge < -0.3 is 14.9 Å². The molecule has 4 aliphatic carbocycles. The van der Waals surface area contributed by atoms with E-state index in [9.17, 15) is 19.4 Å². The molecule has 0 bridgehead atoms. The fourth-order valence-corrected chi connectivity index (χ4v) is 6.24. The average Bonchev–Trinajstić information content (AvgIpc) is 2.91. The van der Waals surface area contributed by atoms with Gasteiger partial charge in [-0.2, -0.15) is 0 Å². The van der Waals surface area contributed by atoms with Gasteiger partial charge in [-0.05, 0) is 73.8 Å². The number of carbonyl (C=O) groups excluding carboxylic acids is 1. The summed E-state index contributed by atoms with van der Waals surface area (Å²) in [7, 11) is 0. The van der Waals surface area contributed by atoms with E-state index in [1.807, 2.05) is 6.08 Å². The molecular formula is C21H29FO4. The number of esters is 1.